The molecule has 0 aromatic carbocycles. The van der Waals surface area contributed by atoms with Crippen molar-refractivity contribution in [2.75, 3.05) is 46.2 Å². The minimum Gasteiger partial charge on any atom is -0.466 e. The van der Waals surface area contributed by atoms with Crippen LogP contribution >= 0.6 is 0 Å². The standard InChI is InChI=1S/C8H18O3.C6H12O2/c1-3-9-5-7-11-8-6-10-4-2;1-3-4-5-8-6(2)7/h3-8H2,1-2H3;3-5H2,1-2H3. The zero-order chi connectivity index (χ0) is 14.8. The molecule has 0 amide bonds. The summed E-state index contributed by atoms with van der Waals surface area (Å²) in [6.07, 6.45) is 2.05. The summed E-state index contributed by atoms with van der Waals surface area (Å²) in [5, 5.41) is 0. The maximum absolute atomic E-state index is 10.1. The molecule has 0 saturated carbocycles. The Labute approximate surface area is 117 Å². The smallest absolute Gasteiger partial charge is 0.302 e. The SMILES string of the molecule is CCCCOC(C)=O.CCOCCOCCOCC. The molecule has 0 N–H and O–H groups in total. The first-order chi connectivity index (χ1) is 9.18. The van der Waals surface area contributed by atoms with Crippen molar-refractivity contribution in [3.63, 3.8) is 0 Å². The molecule has 0 atom stereocenters. The van der Waals surface area contributed by atoms with Gasteiger partial charge < -0.3 is 18.9 Å². The lowest BCUT2D eigenvalue weighted by atomic mass is 10.4. The average Bonchev–Trinajstić information content (AvgIpc) is 2.39. The van der Waals surface area contributed by atoms with Gasteiger partial charge in [-0.1, -0.05) is 13.3 Å². The van der Waals surface area contributed by atoms with Gasteiger partial charge in [0, 0.05) is 20.1 Å². The van der Waals surface area contributed by atoms with E-state index < -0.39 is 0 Å². The normalized spacial score (nSPS) is 9.68. The first-order valence-corrected chi connectivity index (χ1v) is 7.05. The number of ether oxygens (including phenoxy) is 4. The summed E-state index contributed by atoms with van der Waals surface area (Å²) in [5.41, 5.74) is 0. The van der Waals surface area contributed by atoms with Gasteiger partial charge in [0.05, 0.1) is 33.0 Å². The Balaban J connectivity index is 0. The van der Waals surface area contributed by atoms with Gasteiger partial charge in [-0.2, -0.15) is 0 Å². The Kier molecular flexibility index (Phi) is 21.4. The van der Waals surface area contributed by atoms with Gasteiger partial charge in [-0.05, 0) is 20.3 Å². The number of rotatable bonds is 11. The predicted molar refractivity (Wildman–Crippen MR) is 75.3 cm³/mol. The third kappa shape index (κ3) is 26.8. The van der Waals surface area contributed by atoms with Crippen LogP contribution in [-0.2, 0) is 23.7 Å². The van der Waals surface area contributed by atoms with Crippen molar-refractivity contribution < 1.29 is 23.7 Å². The van der Waals surface area contributed by atoms with Crippen LogP contribution in [0.25, 0.3) is 0 Å². The van der Waals surface area contributed by atoms with Crippen molar-refractivity contribution in [2.45, 2.75) is 40.5 Å². The van der Waals surface area contributed by atoms with Crippen LogP contribution in [-0.4, -0.2) is 52.2 Å². The fraction of sp³-hybridized carbons (Fsp3) is 0.929. The van der Waals surface area contributed by atoms with Gasteiger partial charge in [-0.15, -0.1) is 0 Å². The molecule has 0 rings (SSSR count). The van der Waals surface area contributed by atoms with Crippen LogP contribution in [0.15, 0.2) is 0 Å². The van der Waals surface area contributed by atoms with Crippen molar-refractivity contribution in [1.82, 2.24) is 0 Å². The summed E-state index contributed by atoms with van der Waals surface area (Å²) >= 11 is 0. The Morgan fingerprint density at radius 2 is 1.26 bits per heavy atom. The highest BCUT2D eigenvalue weighted by Gasteiger charge is 1.88. The molecule has 0 aromatic heterocycles. The number of esters is 1. The van der Waals surface area contributed by atoms with Crippen LogP contribution in [0.2, 0.25) is 0 Å². The Morgan fingerprint density at radius 3 is 1.63 bits per heavy atom. The molecule has 5 nitrogen and oxygen atoms in total. The molecule has 5 heteroatoms. The minimum absolute atomic E-state index is 0.182. The second kappa shape index (κ2) is 19.7. The van der Waals surface area contributed by atoms with Crippen LogP contribution in [0.1, 0.15) is 40.5 Å². The van der Waals surface area contributed by atoms with Crippen molar-refractivity contribution in [1.29, 1.82) is 0 Å². The molecule has 0 saturated heterocycles. The van der Waals surface area contributed by atoms with E-state index in [9.17, 15) is 4.79 Å². The van der Waals surface area contributed by atoms with Gasteiger partial charge in [-0.3, -0.25) is 4.79 Å². The predicted octanol–water partition coefficient (Wildman–Crippen LogP) is 2.43. The number of unbranched alkanes of at least 4 members (excludes halogenated alkanes) is 1. The van der Waals surface area contributed by atoms with Crippen LogP contribution in [0.3, 0.4) is 0 Å². The van der Waals surface area contributed by atoms with Crippen LogP contribution < -0.4 is 0 Å². The maximum atomic E-state index is 10.1. The van der Waals surface area contributed by atoms with E-state index in [0.717, 1.165) is 26.1 Å². The van der Waals surface area contributed by atoms with Crippen molar-refractivity contribution >= 4 is 5.97 Å². The van der Waals surface area contributed by atoms with Crippen LogP contribution in [0.4, 0.5) is 0 Å². The second-order valence-electron chi connectivity index (χ2n) is 3.70. The van der Waals surface area contributed by atoms with Gasteiger partial charge in [0.25, 0.3) is 0 Å². The number of carbonyl (C=O) groups is 1. The average molecular weight is 278 g/mol. The highest BCUT2D eigenvalue weighted by Crippen LogP contribution is 1.86. The van der Waals surface area contributed by atoms with Gasteiger partial charge in [0.15, 0.2) is 0 Å². The number of hydrogen-bond donors (Lipinski definition) is 0. The molecule has 0 aromatic rings. The van der Waals surface area contributed by atoms with E-state index in [4.69, 9.17) is 14.2 Å². The highest BCUT2D eigenvalue weighted by atomic mass is 16.5. The molecular formula is C14H30O5. The van der Waals surface area contributed by atoms with Crippen molar-refractivity contribution in [3.05, 3.63) is 0 Å². The summed E-state index contributed by atoms with van der Waals surface area (Å²) in [5.74, 6) is -0.182. The molecular weight excluding hydrogens is 248 g/mol. The van der Waals surface area contributed by atoms with Crippen molar-refractivity contribution in [2.24, 2.45) is 0 Å². The Bertz CT molecular complexity index is 165. The summed E-state index contributed by atoms with van der Waals surface area (Å²) in [6.45, 7) is 12.2. The molecule has 0 aliphatic heterocycles. The lowest BCUT2D eigenvalue weighted by molar-refractivity contribution is -0.141. The molecule has 0 aliphatic rings. The first-order valence-electron chi connectivity index (χ1n) is 7.05. The van der Waals surface area contributed by atoms with E-state index in [1.165, 1.54) is 6.92 Å². The third-order valence-electron chi connectivity index (χ3n) is 1.96. The van der Waals surface area contributed by atoms with E-state index >= 15 is 0 Å². The summed E-state index contributed by atoms with van der Waals surface area (Å²) in [4.78, 5) is 10.1. The molecule has 19 heavy (non-hydrogen) atoms. The van der Waals surface area contributed by atoms with Gasteiger partial charge in [0.1, 0.15) is 0 Å². The lowest BCUT2D eigenvalue weighted by Gasteiger charge is -2.03. The topological polar surface area (TPSA) is 54.0 Å². The first kappa shape index (κ1) is 20.7. The minimum atomic E-state index is -0.182. The maximum Gasteiger partial charge on any atom is 0.302 e. The number of carbonyl (C=O) groups excluding carboxylic acids is 1. The summed E-state index contributed by atoms with van der Waals surface area (Å²) in [7, 11) is 0. The zero-order valence-electron chi connectivity index (χ0n) is 12.9. The molecule has 0 aliphatic carbocycles. The molecule has 116 valence electrons. The van der Waals surface area contributed by atoms with Gasteiger partial charge >= 0.3 is 5.97 Å². The second-order valence-corrected chi connectivity index (χ2v) is 3.70. The summed E-state index contributed by atoms with van der Waals surface area (Å²) in [6, 6.07) is 0. The molecule has 0 bridgehead atoms. The van der Waals surface area contributed by atoms with E-state index in [0.29, 0.717) is 33.0 Å². The fourth-order valence-electron chi connectivity index (χ4n) is 0.987. The molecule has 0 radical (unpaired) electrons. The van der Waals surface area contributed by atoms with Crippen molar-refractivity contribution in [3.8, 4) is 0 Å². The third-order valence-corrected chi connectivity index (χ3v) is 1.96. The monoisotopic (exact) mass is 278 g/mol. The zero-order valence-corrected chi connectivity index (χ0v) is 12.9. The largest absolute Gasteiger partial charge is 0.466 e. The Morgan fingerprint density at radius 1 is 0.789 bits per heavy atom. The van der Waals surface area contributed by atoms with Crippen LogP contribution in [0, 0.1) is 0 Å². The molecule has 0 fully saturated rings. The summed E-state index contributed by atoms with van der Waals surface area (Å²) < 4.78 is 20.0. The quantitative estimate of drug-likeness (QED) is 0.429. The van der Waals surface area contributed by atoms with E-state index in [1.54, 1.807) is 0 Å². The fourth-order valence-corrected chi connectivity index (χ4v) is 0.987. The lowest BCUT2D eigenvalue weighted by Crippen LogP contribution is -2.08. The molecule has 0 spiro atoms. The molecule has 0 unspecified atom stereocenters. The van der Waals surface area contributed by atoms with Gasteiger partial charge in [0.2, 0.25) is 0 Å². The highest BCUT2D eigenvalue weighted by molar-refractivity contribution is 5.65. The van der Waals surface area contributed by atoms with E-state index in [-0.39, 0.29) is 5.97 Å². The van der Waals surface area contributed by atoms with E-state index in [1.807, 2.05) is 13.8 Å². The van der Waals surface area contributed by atoms with E-state index in [2.05, 4.69) is 11.7 Å². The number of hydrogen-bond acceptors (Lipinski definition) is 5. The van der Waals surface area contributed by atoms with Crippen LogP contribution in [0.5, 0.6) is 0 Å². The molecule has 0 heterocycles. The van der Waals surface area contributed by atoms with Gasteiger partial charge in [-0.25, -0.2) is 0 Å². The Hall–Kier alpha value is -0.650.